The number of aromatic nitrogens is 1. The van der Waals surface area contributed by atoms with Gasteiger partial charge < -0.3 is 10.1 Å². The van der Waals surface area contributed by atoms with Crippen LogP contribution in [0.25, 0.3) is 0 Å². The summed E-state index contributed by atoms with van der Waals surface area (Å²) in [5, 5.41) is 3.23. The lowest BCUT2D eigenvalue weighted by atomic mass is 10.1. The van der Waals surface area contributed by atoms with Gasteiger partial charge in [0.1, 0.15) is 17.5 Å². The molecule has 7 heteroatoms. The van der Waals surface area contributed by atoms with Gasteiger partial charge in [0, 0.05) is 18.8 Å². The van der Waals surface area contributed by atoms with E-state index in [-0.39, 0.29) is 5.91 Å². The molecule has 3 aromatic rings. The summed E-state index contributed by atoms with van der Waals surface area (Å²) in [7, 11) is 0. The average Bonchev–Trinajstić information content (AvgIpc) is 2.98. The molecule has 2 aromatic carbocycles. The molecule has 6 nitrogen and oxygen atoms in total. The maximum Gasteiger partial charge on any atom is 0.329 e. The molecule has 1 N–H and O–H groups in total. The third-order valence-electron chi connectivity index (χ3n) is 4.37. The number of nitrogens with one attached hydrogen (secondary N) is 1. The number of ether oxygens (including phenoxy) is 1. The van der Waals surface area contributed by atoms with Crippen LogP contribution in [0.3, 0.4) is 0 Å². The third kappa shape index (κ3) is 3.68. The van der Waals surface area contributed by atoms with Crippen molar-refractivity contribution < 1.29 is 14.3 Å². The lowest BCUT2D eigenvalue weighted by Gasteiger charge is -2.14. The van der Waals surface area contributed by atoms with Crippen LogP contribution in [0.5, 0.6) is 11.5 Å². The van der Waals surface area contributed by atoms with E-state index in [4.69, 9.17) is 16.3 Å². The van der Waals surface area contributed by atoms with E-state index in [0.29, 0.717) is 28.6 Å². The smallest absolute Gasteiger partial charge is 0.329 e. The molecule has 1 atom stereocenters. The molecule has 0 radical (unpaired) electrons. The molecular weight excluding hydrogens is 378 g/mol. The van der Waals surface area contributed by atoms with Crippen LogP contribution in [0.2, 0.25) is 5.02 Å². The summed E-state index contributed by atoms with van der Waals surface area (Å²) >= 11 is 6.10. The molecule has 0 aliphatic carbocycles. The number of halogens is 1. The van der Waals surface area contributed by atoms with E-state index < -0.39 is 12.1 Å². The quantitative estimate of drug-likeness (QED) is 0.659. The molecule has 1 unspecified atom stereocenters. The predicted molar refractivity (Wildman–Crippen MR) is 106 cm³/mol. The summed E-state index contributed by atoms with van der Waals surface area (Å²) in [6.45, 7) is 0. The number of benzene rings is 2. The van der Waals surface area contributed by atoms with E-state index >= 15 is 0 Å². The number of pyridine rings is 1. The van der Waals surface area contributed by atoms with Crippen LogP contribution in [0.15, 0.2) is 73.1 Å². The van der Waals surface area contributed by atoms with Gasteiger partial charge in [-0.25, -0.2) is 9.69 Å². The summed E-state index contributed by atoms with van der Waals surface area (Å²) in [5.41, 5.74) is 1.41. The number of urea groups is 1. The first-order valence-electron chi connectivity index (χ1n) is 8.67. The molecule has 0 spiro atoms. The predicted octanol–water partition coefficient (Wildman–Crippen LogP) is 4.19. The minimum Gasteiger partial charge on any atom is -0.456 e. The van der Waals surface area contributed by atoms with Crippen molar-refractivity contribution in [2.45, 2.75) is 12.5 Å². The van der Waals surface area contributed by atoms with Crippen LogP contribution in [-0.2, 0) is 11.2 Å². The number of carbonyl (C=O) groups is 2. The van der Waals surface area contributed by atoms with E-state index in [1.165, 1.54) is 0 Å². The van der Waals surface area contributed by atoms with E-state index in [1.807, 2.05) is 24.3 Å². The number of rotatable bonds is 5. The Hall–Kier alpha value is -3.38. The first-order chi connectivity index (χ1) is 13.6. The van der Waals surface area contributed by atoms with Gasteiger partial charge in [0.2, 0.25) is 0 Å². The second-order valence-corrected chi connectivity index (χ2v) is 6.67. The van der Waals surface area contributed by atoms with Crippen molar-refractivity contribution in [3.63, 3.8) is 0 Å². The van der Waals surface area contributed by atoms with Crippen LogP contribution >= 0.6 is 11.6 Å². The van der Waals surface area contributed by atoms with Gasteiger partial charge in [-0.05, 0) is 54.1 Å². The summed E-state index contributed by atoms with van der Waals surface area (Å²) in [6.07, 6.45) is 3.73. The first-order valence-corrected chi connectivity index (χ1v) is 9.05. The number of para-hydroxylation sites is 1. The Balaban J connectivity index is 1.48. The maximum absolute atomic E-state index is 12.7. The molecule has 0 saturated carbocycles. The molecule has 0 bridgehead atoms. The van der Waals surface area contributed by atoms with E-state index in [1.54, 1.807) is 48.8 Å². The molecule has 1 fully saturated rings. The normalized spacial score (nSPS) is 16.2. The van der Waals surface area contributed by atoms with Crippen molar-refractivity contribution in [1.82, 2.24) is 10.3 Å². The van der Waals surface area contributed by atoms with Crippen molar-refractivity contribution >= 4 is 29.2 Å². The number of anilines is 1. The number of imide groups is 1. The maximum atomic E-state index is 12.7. The zero-order valence-corrected chi connectivity index (χ0v) is 15.5. The van der Waals surface area contributed by atoms with Gasteiger partial charge in [0.25, 0.3) is 5.91 Å². The van der Waals surface area contributed by atoms with Gasteiger partial charge in [-0.15, -0.1) is 0 Å². The Morgan fingerprint density at radius 2 is 1.71 bits per heavy atom. The van der Waals surface area contributed by atoms with Crippen LogP contribution in [0.4, 0.5) is 10.5 Å². The first kappa shape index (κ1) is 18.0. The van der Waals surface area contributed by atoms with E-state index in [9.17, 15) is 9.59 Å². The lowest BCUT2D eigenvalue weighted by molar-refractivity contribution is -0.118. The molecule has 140 valence electrons. The Morgan fingerprint density at radius 1 is 1.00 bits per heavy atom. The summed E-state index contributed by atoms with van der Waals surface area (Å²) in [5.74, 6) is 0.795. The molecule has 2 heterocycles. The highest BCUT2D eigenvalue weighted by Gasteiger charge is 2.38. The van der Waals surface area contributed by atoms with E-state index in [0.717, 1.165) is 10.5 Å². The van der Waals surface area contributed by atoms with Gasteiger partial charge >= 0.3 is 6.03 Å². The Bertz CT molecular complexity index is 1010. The summed E-state index contributed by atoms with van der Waals surface area (Å²) in [4.78, 5) is 30.2. The van der Waals surface area contributed by atoms with E-state index in [2.05, 4.69) is 10.3 Å². The standard InChI is InChI=1S/C21H16ClN3O3/c22-17-3-1-2-4-19(17)28-16-7-5-15(6-8-16)25-20(26)18(24-21(25)27)13-14-9-11-23-12-10-14/h1-12,18H,13H2,(H,24,27). The molecule has 1 aliphatic heterocycles. The number of carbonyl (C=O) groups excluding carboxylic acids is 2. The number of hydrogen-bond acceptors (Lipinski definition) is 4. The minimum atomic E-state index is -0.603. The molecule has 1 aromatic heterocycles. The fourth-order valence-electron chi connectivity index (χ4n) is 2.99. The van der Waals surface area contributed by atoms with Crippen molar-refractivity contribution in [2.24, 2.45) is 0 Å². The van der Waals surface area contributed by atoms with Crippen molar-refractivity contribution in [3.05, 3.63) is 83.6 Å². The van der Waals surface area contributed by atoms with Crippen molar-refractivity contribution in [3.8, 4) is 11.5 Å². The topological polar surface area (TPSA) is 71.5 Å². The summed E-state index contributed by atoms with van der Waals surface area (Å²) < 4.78 is 5.74. The van der Waals surface area contributed by atoms with Crippen molar-refractivity contribution in [1.29, 1.82) is 0 Å². The molecule has 1 aliphatic rings. The fraction of sp³-hybridized carbons (Fsp3) is 0.0952. The minimum absolute atomic E-state index is 0.290. The van der Waals surface area contributed by atoms with Crippen LogP contribution in [0, 0.1) is 0 Å². The number of nitrogens with zero attached hydrogens (tertiary/aromatic N) is 2. The van der Waals surface area contributed by atoms with Gasteiger partial charge in [0.15, 0.2) is 0 Å². The van der Waals surface area contributed by atoms with Crippen LogP contribution in [0.1, 0.15) is 5.56 Å². The van der Waals surface area contributed by atoms with Gasteiger partial charge in [0.05, 0.1) is 10.7 Å². The lowest BCUT2D eigenvalue weighted by Crippen LogP contribution is -2.32. The SMILES string of the molecule is O=C1NC(Cc2ccncc2)C(=O)N1c1ccc(Oc2ccccc2Cl)cc1. The number of hydrogen-bond donors (Lipinski definition) is 1. The third-order valence-corrected chi connectivity index (χ3v) is 4.68. The van der Waals surface area contributed by atoms with Crippen LogP contribution in [-0.4, -0.2) is 23.0 Å². The summed E-state index contributed by atoms with van der Waals surface area (Å²) in [6, 6.07) is 16.5. The molecule has 1 saturated heterocycles. The van der Waals surface area contributed by atoms with Gasteiger partial charge in [-0.3, -0.25) is 9.78 Å². The second kappa shape index (κ2) is 7.70. The Morgan fingerprint density at radius 3 is 2.43 bits per heavy atom. The zero-order valence-electron chi connectivity index (χ0n) is 14.7. The largest absolute Gasteiger partial charge is 0.456 e. The number of amides is 3. The highest BCUT2D eigenvalue weighted by Crippen LogP contribution is 2.30. The van der Waals surface area contributed by atoms with Crippen LogP contribution < -0.4 is 15.0 Å². The Labute approximate surface area is 166 Å². The highest BCUT2D eigenvalue weighted by atomic mass is 35.5. The van der Waals surface area contributed by atoms with Gasteiger partial charge in [-0.2, -0.15) is 0 Å². The molecule has 4 rings (SSSR count). The Kier molecular flexibility index (Phi) is 4.95. The monoisotopic (exact) mass is 393 g/mol. The second-order valence-electron chi connectivity index (χ2n) is 6.26. The van der Waals surface area contributed by atoms with Gasteiger partial charge in [-0.1, -0.05) is 23.7 Å². The average molecular weight is 394 g/mol. The fourth-order valence-corrected chi connectivity index (χ4v) is 3.16. The zero-order chi connectivity index (χ0) is 19.5. The van der Waals surface area contributed by atoms with Crippen molar-refractivity contribution in [2.75, 3.05) is 4.90 Å². The highest BCUT2D eigenvalue weighted by molar-refractivity contribution is 6.32. The molecular formula is C21H16ClN3O3. The molecule has 28 heavy (non-hydrogen) atoms. The molecule has 3 amide bonds.